The van der Waals surface area contributed by atoms with Crippen molar-refractivity contribution >= 4 is 43.1 Å². The van der Waals surface area contributed by atoms with Crippen molar-refractivity contribution in [3.05, 3.63) is 34.8 Å². The number of nitrogen functional groups attached to an aromatic ring is 1. The molecule has 2 unspecified atom stereocenters. The van der Waals surface area contributed by atoms with Crippen molar-refractivity contribution in [2.45, 2.75) is 76.1 Å². The SMILES string of the molecule is C[C@@H](O)CN1CCC2CC(C1)N(c1nc(OC[C@@]34CCCN3C[C@H](F)C4)nc3c(F)c(-c4nccc5sc(N)c(C#N)c45)c4c(c13)COC4)C2. The van der Waals surface area contributed by atoms with Crippen LogP contribution in [0.5, 0.6) is 6.01 Å². The zero-order chi connectivity index (χ0) is 34.3. The van der Waals surface area contributed by atoms with Gasteiger partial charge in [-0.15, -0.1) is 11.3 Å². The summed E-state index contributed by atoms with van der Waals surface area (Å²) in [4.78, 5) is 21.3. The third-order valence-electron chi connectivity index (χ3n) is 11.6. The lowest BCUT2D eigenvalue weighted by Crippen LogP contribution is -2.44. The van der Waals surface area contributed by atoms with Crippen LogP contribution in [0.4, 0.5) is 19.6 Å². The summed E-state index contributed by atoms with van der Waals surface area (Å²) in [6.45, 7) is 6.69. The summed E-state index contributed by atoms with van der Waals surface area (Å²) in [5.74, 6) is 0.456. The number of hydrogen-bond acceptors (Lipinski definition) is 12. The molecule has 4 fully saturated rings. The van der Waals surface area contributed by atoms with Crippen molar-refractivity contribution in [1.82, 2.24) is 24.8 Å². The van der Waals surface area contributed by atoms with Crippen LogP contribution in [0.3, 0.4) is 0 Å². The van der Waals surface area contributed by atoms with Gasteiger partial charge in [0, 0.05) is 60.5 Å². The minimum Gasteiger partial charge on any atom is -0.461 e. The van der Waals surface area contributed by atoms with E-state index in [0.29, 0.717) is 58.3 Å². The first-order chi connectivity index (χ1) is 24.2. The summed E-state index contributed by atoms with van der Waals surface area (Å²) >= 11 is 1.28. The number of alkyl halides is 1. The maximum atomic E-state index is 17.5. The number of nitrogens with two attached hydrogens (primary N) is 1. The Labute approximate surface area is 292 Å². The second-order valence-electron chi connectivity index (χ2n) is 14.8. The molecule has 0 radical (unpaired) electrons. The second kappa shape index (κ2) is 12.2. The van der Waals surface area contributed by atoms with E-state index in [-0.39, 0.29) is 48.5 Å². The van der Waals surface area contributed by atoms with Crippen molar-refractivity contribution in [3.63, 3.8) is 0 Å². The highest BCUT2D eigenvalue weighted by Gasteiger charge is 2.49. The molecule has 1 aromatic carbocycles. The van der Waals surface area contributed by atoms with E-state index in [9.17, 15) is 14.8 Å². The Morgan fingerprint density at radius 1 is 1.22 bits per heavy atom. The number of nitrogens with zero attached hydrogens (tertiary/aromatic N) is 7. The van der Waals surface area contributed by atoms with E-state index in [4.69, 9.17) is 25.2 Å². The fourth-order valence-corrected chi connectivity index (χ4v) is 10.4. The number of aromatic nitrogens is 3. The monoisotopic (exact) mass is 702 g/mol. The van der Waals surface area contributed by atoms with E-state index in [1.54, 1.807) is 12.3 Å². The number of thiophene rings is 1. The molecule has 2 bridgehead atoms. The van der Waals surface area contributed by atoms with Crippen LogP contribution >= 0.6 is 11.3 Å². The Balaban J connectivity index is 1.22. The fraction of sp³-hybridized carbons (Fsp3) is 0.556. The molecule has 3 N–H and O–H groups in total. The minimum absolute atomic E-state index is 0.0588. The molecule has 3 aromatic heterocycles. The number of rotatable bonds is 7. The zero-order valence-electron chi connectivity index (χ0n) is 28.0. The molecule has 0 amide bonds. The van der Waals surface area contributed by atoms with Gasteiger partial charge in [-0.25, -0.2) is 8.78 Å². The van der Waals surface area contributed by atoms with E-state index >= 15 is 4.39 Å². The van der Waals surface area contributed by atoms with Crippen molar-refractivity contribution in [2.75, 3.05) is 56.5 Å². The maximum absolute atomic E-state index is 17.5. The summed E-state index contributed by atoms with van der Waals surface area (Å²) in [6, 6.07) is 4.15. The number of ether oxygens (including phenoxy) is 2. The molecule has 0 aliphatic carbocycles. The van der Waals surface area contributed by atoms with Gasteiger partial charge < -0.3 is 25.2 Å². The number of fused-ring (bicyclic) bond motifs is 7. The Kier molecular flexibility index (Phi) is 7.85. The van der Waals surface area contributed by atoms with Gasteiger partial charge in [0.2, 0.25) is 0 Å². The van der Waals surface area contributed by atoms with Gasteiger partial charge in [-0.2, -0.15) is 15.2 Å². The smallest absolute Gasteiger partial charge is 0.319 e. The molecule has 4 saturated heterocycles. The molecule has 8 heterocycles. The average molecular weight is 703 g/mol. The third kappa shape index (κ3) is 5.11. The number of benzene rings is 1. The molecule has 5 aliphatic heterocycles. The summed E-state index contributed by atoms with van der Waals surface area (Å²) < 4.78 is 45.4. The molecule has 5 aliphatic rings. The Morgan fingerprint density at radius 3 is 2.92 bits per heavy atom. The average Bonchev–Trinajstić information content (AvgIpc) is 3.88. The van der Waals surface area contributed by atoms with E-state index < -0.39 is 23.6 Å². The Morgan fingerprint density at radius 2 is 2.08 bits per heavy atom. The van der Waals surface area contributed by atoms with Gasteiger partial charge in [-0.05, 0) is 68.8 Å². The first-order valence-electron chi connectivity index (χ1n) is 17.6. The van der Waals surface area contributed by atoms with Gasteiger partial charge in [-0.1, -0.05) is 0 Å². The molecular formula is C36H40F2N8O3S. The maximum Gasteiger partial charge on any atom is 0.319 e. The number of halogens is 2. The molecule has 14 heteroatoms. The number of pyridine rings is 1. The number of aliphatic hydroxyl groups is 1. The highest BCUT2D eigenvalue weighted by molar-refractivity contribution is 7.23. The highest BCUT2D eigenvalue weighted by Crippen LogP contribution is 2.48. The van der Waals surface area contributed by atoms with Gasteiger partial charge in [0.25, 0.3) is 0 Å². The van der Waals surface area contributed by atoms with Crippen LogP contribution in [0, 0.1) is 23.1 Å². The number of hydrogen-bond donors (Lipinski definition) is 2. The topological polar surface area (TPSA) is 137 Å². The normalized spacial score (nSPS) is 27.2. The lowest BCUT2D eigenvalue weighted by atomic mass is 9.93. The first-order valence-corrected chi connectivity index (χ1v) is 18.4. The minimum atomic E-state index is -0.911. The highest BCUT2D eigenvalue weighted by atomic mass is 32.1. The van der Waals surface area contributed by atoms with Gasteiger partial charge in [0.15, 0.2) is 5.82 Å². The lowest BCUT2D eigenvalue weighted by molar-refractivity contribution is 0.107. The quantitative estimate of drug-likeness (QED) is 0.276. The van der Waals surface area contributed by atoms with Crippen LogP contribution in [0.1, 0.15) is 55.7 Å². The number of anilines is 2. The second-order valence-corrected chi connectivity index (χ2v) is 15.9. The van der Waals surface area contributed by atoms with Gasteiger partial charge in [0.05, 0.1) is 41.5 Å². The van der Waals surface area contributed by atoms with Crippen LogP contribution in [0.2, 0.25) is 0 Å². The molecule has 5 atom stereocenters. The molecule has 11 nitrogen and oxygen atoms in total. The molecular weight excluding hydrogens is 663 g/mol. The first kappa shape index (κ1) is 32.2. The van der Waals surface area contributed by atoms with E-state index in [1.807, 2.05) is 6.92 Å². The Bertz CT molecular complexity index is 2050. The molecule has 4 aromatic rings. The van der Waals surface area contributed by atoms with Crippen LogP contribution in [0.15, 0.2) is 12.3 Å². The molecule has 50 heavy (non-hydrogen) atoms. The van der Waals surface area contributed by atoms with E-state index in [2.05, 4.69) is 25.8 Å². The fourth-order valence-electron chi connectivity index (χ4n) is 9.47. The van der Waals surface area contributed by atoms with Crippen molar-refractivity contribution in [3.8, 4) is 23.3 Å². The summed E-state index contributed by atoms with van der Waals surface area (Å²) in [7, 11) is 0. The predicted octanol–water partition coefficient (Wildman–Crippen LogP) is 4.77. The van der Waals surface area contributed by atoms with Crippen molar-refractivity contribution < 1.29 is 23.4 Å². The number of likely N-dealkylation sites (tertiary alicyclic amines) is 1. The number of β-amino-alcohol motifs (C(OH)–C–C–N with tert-alkyl or cyclic N) is 1. The third-order valence-corrected chi connectivity index (χ3v) is 12.6. The van der Waals surface area contributed by atoms with Crippen LogP contribution in [-0.4, -0.2) is 99.6 Å². The predicted molar refractivity (Wildman–Crippen MR) is 186 cm³/mol. The molecule has 0 saturated carbocycles. The van der Waals surface area contributed by atoms with E-state index in [1.165, 1.54) is 11.3 Å². The molecule has 0 spiro atoms. The summed E-state index contributed by atoms with van der Waals surface area (Å²) in [6.07, 6.45) is 4.41. The van der Waals surface area contributed by atoms with E-state index in [0.717, 1.165) is 62.1 Å². The number of nitriles is 1. The Hall–Kier alpha value is -3.74. The van der Waals surface area contributed by atoms with Gasteiger partial charge in [-0.3, -0.25) is 14.8 Å². The van der Waals surface area contributed by atoms with Crippen molar-refractivity contribution in [1.29, 1.82) is 5.26 Å². The summed E-state index contributed by atoms with van der Waals surface area (Å²) in [5, 5.41) is 21.7. The largest absolute Gasteiger partial charge is 0.461 e. The molecule has 9 rings (SSSR count). The molecule has 262 valence electrons. The van der Waals surface area contributed by atoms with Crippen LogP contribution in [0.25, 0.3) is 32.2 Å². The number of aliphatic hydroxyl groups excluding tert-OH is 1. The summed E-state index contributed by atoms with van der Waals surface area (Å²) in [5.41, 5.74) is 8.25. The van der Waals surface area contributed by atoms with Crippen LogP contribution < -0.4 is 15.4 Å². The van der Waals surface area contributed by atoms with Gasteiger partial charge >= 0.3 is 6.01 Å². The van der Waals surface area contributed by atoms with Gasteiger partial charge in [0.1, 0.15) is 35.2 Å². The lowest BCUT2D eigenvalue weighted by Gasteiger charge is -2.34. The zero-order valence-corrected chi connectivity index (χ0v) is 28.8. The van der Waals surface area contributed by atoms with Crippen LogP contribution in [-0.2, 0) is 18.0 Å². The van der Waals surface area contributed by atoms with Crippen molar-refractivity contribution in [2.24, 2.45) is 5.92 Å². The standard InChI is InChI=1S/C36H40F2N8O3S/c1-19(47)12-44-8-4-20-9-22(15-44)46(13-20)34-29-25-17-48-16-24(25)28(31-27-23(11-39)33(40)50-26(27)3-6-41-31)30(38)32(29)42-35(43-34)49-18-36-5-2-7-45(36)14-21(37)10-36/h3,6,19-22,47H,2,4-5,7-10,12-18,40H2,1H3/t19-,20?,21-,22?,36+/m1/s1.